The Morgan fingerprint density at radius 2 is 1.77 bits per heavy atom. The molecule has 31 heavy (non-hydrogen) atoms. The molecule has 0 radical (unpaired) electrons. The van der Waals surface area contributed by atoms with Crippen LogP contribution in [0.25, 0.3) is 0 Å². The Labute approximate surface area is 189 Å². The summed E-state index contributed by atoms with van der Waals surface area (Å²) < 4.78 is 25.9. The first-order chi connectivity index (χ1) is 14.6. The predicted molar refractivity (Wildman–Crippen MR) is 123 cm³/mol. The van der Waals surface area contributed by atoms with Crippen LogP contribution in [0.4, 0.5) is 5.69 Å². The van der Waals surface area contributed by atoms with Crippen LogP contribution in [-0.4, -0.2) is 50.5 Å². The van der Waals surface area contributed by atoms with Crippen molar-refractivity contribution in [2.75, 3.05) is 23.7 Å². The van der Waals surface area contributed by atoms with Crippen molar-refractivity contribution >= 4 is 39.1 Å². The predicted octanol–water partition coefficient (Wildman–Crippen LogP) is 3.05. The van der Waals surface area contributed by atoms with E-state index < -0.39 is 28.5 Å². The van der Waals surface area contributed by atoms with Crippen molar-refractivity contribution in [3.63, 3.8) is 0 Å². The second-order valence-electron chi connectivity index (χ2n) is 7.22. The Morgan fingerprint density at radius 3 is 2.35 bits per heavy atom. The zero-order valence-electron chi connectivity index (χ0n) is 17.9. The normalized spacial score (nSPS) is 12.1. The molecule has 0 aliphatic carbocycles. The van der Waals surface area contributed by atoms with Crippen LogP contribution in [0.1, 0.15) is 25.8 Å². The molecule has 2 aromatic rings. The number of nitrogens with zero attached hydrogens (tertiary/aromatic N) is 2. The van der Waals surface area contributed by atoms with Gasteiger partial charge >= 0.3 is 0 Å². The van der Waals surface area contributed by atoms with Crippen LogP contribution in [0, 0.1) is 0 Å². The Kier molecular flexibility index (Phi) is 8.88. The third-order valence-electron chi connectivity index (χ3n) is 4.69. The lowest BCUT2D eigenvalue weighted by Crippen LogP contribution is -2.51. The van der Waals surface area contributed by atoms with Crippen molar-refractivity contribution in [1.82, 2.24) is 10.2 Å². The van der Waals surface area contributed by atoms with E-state index in [1.54, 1.807) is 25.1 Å². The summed E-state index contributed by atoms with van der Waals surface area (Å²) in [6, 6.07) is 14.7. The largest absolute Gasteiger partial charge is 0.354 e. The van der Waals surface area contributed by atoms with Crippen molar-refractivity contribution in [2.45, 2.75) is 32.9 Å². The lowest BCUT2D eigenvalue weighted by molar-refractivity contribution is -0.139. The average molecular weight is 466 g/mol. The first-order valence-electron chi connectivity index (χ1n) is 9.98. The van der Waals surface area contributed by atoms with Gasteiger partial charge in [0.1, 0.15) is 12.6 Å². The van der Waals surface area contributed by atoms with E-state index in [-0.39, 0.29) is 18.1 Å². The van der Waals surface area contributed by atoms with Gasteiger partial charge in [0, 0.05) is 18.1 Å². The first-order valence-corrected chi connectivity index (χ1v) is 12.2. The van der Waals surface area contributed by atoms with Crippen LogP contribution in [0.2, 0.25) is 5.02 Å². The average Bonchev–Trinajstić information content (AvgIpc) is 2.73. The minimum Gasteiger partial charge on any atom is -0.354 e. The number of hydrogen-bond donors (Lipinski definition) is 1. The van der Waals surface area contributed by atoms with E-state index in [1.165, 1.54) is 11.0 Å². The number of amides is 2. The summed E-state index contributed by atoms with van der Waals surface area (Å²) in [5.74, 6) is -0.784. The van der Waals surface area contributed by atoms with E-state index in [0.29, 0.717) is 11.6 Å². The van der Waals surface area contributed by atoms with Gasteiger partial charge < -0.3 is 10.2 Å². The Morgan fingerprint density at radius 1 is 1.10 bits per heavy atom. The van der Waals surface area contributed by atoms with Gasteiger partial charge in [0.05, 0.1) is 11.9 Å². The van der Waals surface area contributed by atoms with Crippen LogP contribution in [0.3, 0.4) is 0 Å². The van der Waals surface area contributed by atoms with Crippen molar-refractivity contribution in [1.29, 1.82) is 0 Å². The highest BCUT2D eigenvalue weighted by Gasteiger charge is 2.29. The minimum atomic E-state index is -3.77. The first kappa shape index (κ1) is 24.7. The summed E-state index contributed by atoms with van der Waals surface area (Å²) in [5.41, 5.74) is 1.12. The molecule has 1 N–H and O–H groups in total. The zero-order valence-corrected chi connectivity index (χ0v) is 19.5. The fourth-order valence-electron chi connectivity index (χ4n) is 3.00. The molecule has 0 unspecified atom stereocenters. The summed E-state index contributed by atoms with van der Waals surface area (Å²) in [7, 11) is -3.77. The van der Waals surface area contributed by atoms with E-state index in [0.717, 1.165) is 22.5 Å². The molecule has 0 heterocycles. The minimum absolute atomic E-state index is 0.174. The summed E-state index contributed by atoms with van der Waals surface area (Å²) in [4.78, 5) is 27.3. The van der Waals surface area contributed by atoms with Crippen molar-refractivity contribution < 1.29 is 18.0 Å². The smallest absolute Gasteiger partial charge is 0.244 e. The van der Waals surface area contributed by atoms with Gasteiger partial charge in [-0.2, -0.15) is 0 Å². The molecule has 0 bridgehead atoms. The molecule has 2 aromatic carbocycles. The highest BCUT2D eigenvalue weighted by molar-refractivity contribution is 7.92. The molecular weight excluding hydrogens is 438 g/mol. The lowest BCUT2D eigenvalue weighted by Gasteiger charge is -2.31. The monoisotopic (exact) mass is 465 g/mol. The van der Waals surface area contributed by atoms with Gasteiger partial charge in [-0.3, -0.25) is 13.9 Å². The van der Waals surface area contributed by atoms with Crippen LogP contribution in [0.5, 0.6) is 0 Å². The summed E-state index contributed by atoms with van der Waals surface area (Å²) >= 11 is 6.02. The number of nitrogens with one attached hydrogen (secondary N) is 1. The van der Waals surface area contributed by atoms with E-state index in [2.05, 4.69) is 5.32 Å². The van der Waals surface area contributed by atoms with Crippen LogP contribution >= 0.6 is 11.6 Å². The van der Waals surface area contributed by atoms with E-state index in [4.69, 9.17) is 11.6 Å². The Hall–Kier alpha value is -2.58. The number of hydrogen-bond acceptors (Lipinski definition) is 4. The van der Waals surface area contributed by atoms with Gasteiger partial charge in [0.15, 0.2) is 0 Å². The molecule has 0 aliphatic rings. The quantitative estimate of drug-likeness (QED) is 0.584. The molecule has 0 saturated heterocycles. The van der Waals surface area contributed by atoms with Gasteiger partial charge in [-0.05, 0) is 37.1 Å². The topological polar surface area (TPSA) is 86.8 Å². The van der Waals surface area contributed by atoms with E-state index in [9.17, 15) is 18.0 Å². The second kappa shape index (κ2) is 11.2. The number of carbonyl (C=O) groups excluding carboxylic acids is 2. The summed E-state index contributed by atoms with van der Waals surface area (Å²) in [5, 5.41) is 3.15. The third kappa shape index (κ3) is 7.25. The number of carbonyl (C=O) groups is 2. The summed E-state index contributed by atoms with van der Waals surface area (Å²) in [6.07, 6.45) is 1.79. The van der Waals surface area contributed by atoms with Crippen molar-refractivity contribution in [3.05, 3.63) is 65.2 Å². The fourth-order valence-corrected chi connectivity index (χ4v) is 4.03. The molecule has 0 spiro atoms. The number of halogens is 1. The molecule has 1 atom stereocenters. The molecule has 0 aromatic heterocycles. The molecule has 2 amide bonds. The van der Waals surface area contributed by atoms with Crippen LogP contribution in [0.15, 0.2) is 54.6 Å². The van der Waals surface area contributed by atoms with Gasteiger partial charge in [0.25, 0.3) is 0 Å². The van der Waals surface area contributed by atoms with Gasteiger partial charge in [-0.1, -0.05) is 54.9 Å². The van der Waals surface area contributed by atoms with Gasteiger partial charge in [-0.25, -0.2) is 8.42 Å². The zero-order chi connectivity index (χ0) is 23.0. The molecule has 0 fully saturated rings. The SMILES string of the molecule is CCCNC(=O)[C@H](C)N(Cc1ccccc1)C(=O)CN(c1cccc(Cl)c1)S(C)(=O)=O. The molecule has 9 heteroatoms. The van der Waals surface area contributed by atoms with E-state index >= 15 is 0 Å². The number of anilines is 1. The molecule has 0 saturated carbocycles. The molecule has 2 rings (SSSR count). The maximum absolute atomic E-state index is 13.3. The highest BCUT2D eigenvalue weighted by Crippen LogP contribution is 2.22. The second-order valence-corrected chi connectivity index (χ2v) is 9.57. The Bertz CT molecular complexity index is 999. The molecule has 168 valence electrons. The lowest BCUT2D eigenvalue weighted by atomic mass is 10.1. The third-order valence-corrected chi connectivity index (χ3v) is 6.06. The maximum atomic E-state index is 13.3. The van der Waals surface area contributed by atoms with Crippen molar-refractivity contribution in [2.24, 2.45) is 0 Å². The number of rotatable bonds is 10. The summed E-state index contributed by atoms with van der Waals surface area (Å²) in [6.45, 7) is 3.79. The molecule has 7 nitrogen and oxygen atoms in total. The van der Waals surface area contributed by atoms with Gasteiger partial charge in [-0.15, -0.1) is 0 Å². The van der Waals surface area contributed by atoms with Crippen molar-refractivity contribution in [3.8, 4) is 0 Å². The fraction of sp³-hybridized carbons (Fsp3) is 0.364. The molecule has 0 aliphatic heterocycles. The van der Waals surface area contributed by atoms with E-state index in [1.807, 2.05) is 37.3 Å². The van der Waals surface area contributed by atoms with Crippen LogP contribution < -0.4 is 9.62 Å². The maximum Gasteiger partial charge on any atom is 0.244 e. The number of benzene rings is 2. The van der Waals surface area contributed by atoms with Gasteiger partial charge in [0.2, 0.25) is 21.8 Å². The Balaban J connectivity index is 2.34. The van der Waals surface area contributed by atoms with Crippen LogP contribution in [-0.2, 0) is 26.2 Å². The number of sulfonamides is 1. The molecular formula is C22H28ClN3O4S. The highest BCUT2D eigenvalue weighted by atomic mass is 35.5. The standard InChI is InChI=1S/C22H28ClN3O4S/c1-4-13-24-22(28)17(2)25(15-18-9-6-5-7-10-18)21(27)16-26(31(3,29)30)20-12-8-11-19(23)14-20/h5-12,14,17H,4,13,15-16H2,1-3H3,(H,24,28)/t17-/m0/s1.